The molecule has 0 aliphatic heterocycles. The number of azide groups is 1. The van der Waals surface area contributed by atoms with Gasteiger partial charge in [0.1, 0.15) is 0 Å². The van der Waals surface area contributed by atoms with Gasteiger partial charge in [0.25, 0.3) is 5.88 Å². The molecule has 0 spiro atoms. The van der Waals surface area contributed by atoms with Gasteiger partial charge in [0.2, 0.25) is 5.82 Å². The van der Waals surface area contributed by atoms with Crippen molar-refractivity contribution in [3.63, 3.8) is 0 Å². The molecular formula is C2H2N5NaO2. The summed E-state index contributed by atoms with van der Waals surface area (Å²) in [5, 5.41) is 17.5. The van der Waals surface area contributed by atoms with Gasteiger partial charge in [-0.2, -0.15) is 0 Å². The molecule has 1 aromatic rings. The molecule has 8 heteroatoms. The van der Waals surface area contributed by atoms with Gasteiger partial charge in [0, 0.05) is 4.91 Å². The minimum atomic E-state index is -0.507. The zero-order valence-electron chi connectivity index (χ0n) is 4.09. The fourth-order valence-electron chi connectivity index (χ4n) is 0.285. The minimum absolute atomic E-state index is 0. The van der Waals surface area contributed by atoms with E-state index < -0.39 is 5.88 Å². The van der Waals surface area contributed by atoms with Crippen LogP contribution in [0.25, 0.3) is 10.4 Å². The first-order chi connectivity index (χ1) is 4.34. The predicted octanol–water partition coefficient (Wildman–Crippen LogP) is 0.0685. The average Bonchev–Trinajstić information content (AvgIpc) is 2.18. The van der Waals surface area contributed by atoms with E-state index >= 15 is 0 Å². The Hall–Kier alpha value is -0.750. The summed E-state index contributed by atoms with van der Waals surface area (Å²) < 4.78 is 3.98. The van der Waals surface area contributed by atoms with E-state index in [-0.39, 0.29) is 35.4 Å². The summed E-state index contributed by atoms with van der Waals surface area (Å²) in [4.78, 5) is 2.34. The first-order valence-electron chi connectivity index (χ1n) is 1.91. The quantitative estimate of drug-likeness (QED) is 0.265. The van der Waals surface area contributed by atoms with E-state index in [0.29, 0.717) is 0 Å². The molecule has 1 N–H and O–H groups in total. The van der Waals surface area contributed by atoms with Crippen molar-refractivity contribution in [3.05, 3.63) is 10.4 Å². The molecular weight excluding hydrogens is 149 g/mol. The average molecular weight is 151 g/mol. The van der Waals surface area contributed by atoms with Gasteiger partial charge in [0.05, 0.1) is 0 Å². The van der Waals surface area contributed by atoms with Crippen molar-refractivity contribution < 1.29 is 9.74 Å². The van der Waals surface area contributed by atoms with Gasteiger partial charge in [-0.15, -0.1) is 0 Å². The molecule has 0 unspecified atom stereocenters. The third kappa shape index (κ3) is 1.89. The molecule has 0 amide bonds. The molecule has 0 radical (unpaired) electrons. The molecule has 0 bridgehead atoms. The standard InChI is InChI=1S/C2HN5O2.Na.H/c3-7-4-1-2(8)6-9-5-1;;/h(H,6,8);;. The maximum atomic E-state index is 8.55. The van der Waals surface area contributed by atoms with Crippen molar-refractivity contribution in [1.82, 2.24) is 10.3 Å². The van der Waals surface area contributed by atoms with Crippen molar-refractivity contribution in [2.45, 2.75) is 0 Å². The summed E-state index contributed by atoms with van der Waals surface area (Å²) in [6.07, 6.45) is 0. The summed E-state index contributed by atoms with van der Waals surface area (Å²) in [5.41, 5.74) is 7.80. The zero-order valence-corrected chi connectivity index (χ0v) is 4.09. The molecule has 0 saturated heterocycles. The van der Waals surface area contributed by atoms with Crippen molar-refractivity contribution in [1.29, 1.82) is 0 Å². The van der Waals surface area contributed by atoms with Crippen LogP contribution in [0.3, 0.4) is 0 Å². The number of aromatic hydroxyl groups is 1. The first kappa shape index (κ1) is 9.25. The summed E-state index contributed by atoms with van der Waals surface area (Å²) in [5.74, 6) is -0.759. The fraction of sp³-hybridized carbons (Fsp3) is 0. The van der Waals surface area contributed by atoms with Crippen molar-refractivity contribution in [2.24, 2.45) is 5.11 Å². The molecule has 0 aliphatic rings. The third-order valence-corrected chi connectivity index (χ3v) is 0.594. The van der Waals surface area contributed by atoms with E-state index in [1.54, 1.807) is 0 Å². The van der Waals surface area contributed by atoms with Crippen LogP contribution in [0.15, 0.2) is 9.74 Å². The van der Waals surface area contributed by atoms with Crippen LogP contribution in [0.1, 0.15) is 0 Å². The Bertz CT molecular complexity index is 252. The van der Waals surface area contributed by atoms with Crippen LogP contribution in [0.5, 0.6) is 5.88 Å². The summed E-state index contributed by atoms with van der Waals surface area (Å²) in [7, 11) is 0. The molecule has 0 aromatic carbocycles. The number of hydrogen-bond donors (Lipinski definition) is 1. The van der Waals surface area contributed by atoms with E-state index in [9.17, 15) is 0 Å². The molecule has 0 fully saturated rings. The van der Waals surface area contributed by atoms with Gasteiger partial charge in [-0.25, -0.2) is 4.63 Å². The van der Waals surface area contributed by atoms with Gasteiger partial charge in [-0.3, -0.25) is 0 Å². The summed E-state index contributed by atoms with van der Waals surface area (Å²) in [6.45, 7) is 0. The SMILES string of the molecule is [N-]=[N+]=Nc1nonc1O.[NaH]. The Morgan fingerprint density at radius 2 is 2.30 bits per heavy atom. The van der Waals surface area contributed by atoms with Crippen LogP contribution in [-0.4, -0.2) is 45.0 Å². The predicted molar refractivity (Wildman–Crippen MR) is 31.9 cm³/mol. The Kier molecular flexibility index (Phi) is 3.82. The van der Waals surface area contributed by atoms with Crippen LogP contribution < -0.4 is 0 Å². The molecule has 1 aromatic heterocycles. The van der Waals surface area contributed by atoms with Gasteiger partial charge >= 0.3 is 29.6 Å². The first-order valence-corrected chi connectivity index (χ1v) is 1.91. The van der Waals surface area contributed by atoms with Crippen molar-refractivity contribution in [2.75, 3.05) is 0 Å². The Labute approximate surface area is 76.9 Å². The van der Waals surface area contributed by atoms with Gasteiger partial charge in [-0.05, 0) is 21.0 Å². The second kappa shape index (κ2) is 4.13. The van der Waals surface area contributed by atoms with Crippen LogP contribution in [-0.2, 0) is 0 Å². The van der Waals surface area contributed by atoms with Crippen LogP contribution >= 0.6 is 0 Å². The van der Waals surface area contributed by atoms with Gasteiger partial charge in [0.15, 0.2) is 0 Å². The van der Waals surface area contributed by atoms with E-state index in [1.807, 2.05) is 0 Å². The normalized spacial score (nSPS) is 7.60. The van der Waals surface area contributed by atoms with E-state index in [1.165, 1.54) is 0 Å². The molecule has 0 saturated carbocycles. The second-order valence-electron chi connectivity index (χ2n) is 1.10. The number of rotatable bonds is 1. The molecule has 1 rings (SSSR count). The molecule has 10 heavy (non-hydrogen) atoms. The van der Waals surface area contributed by atoms with Crippen LogP contribution in [0.4, 0.5) is 5.82 Å². The molecule has 0 aliphatic carbocycles. The van der Waals surface area contributed by atoms with E-state index in [2.05, 4.69) is 25.0 Å². The Balaban J connectivity index is 0.000000810. The Morgan fingerprint density at radius 3 is 2.70 bits per heavy atom. The van der Waals surface area contributed by atoms with Crippen molar-refractivity contribution >= 4 is 35.4 Å². The van der Waals surface area contributed by atoms with Crippen LogP contribution in [0.2, 0.25) is 0 Å². The van der Waals surface area contributed by atoms with Crippen LogP contribution in [0, 0.1) is 0 Å². The fourth-order valence-corrected chi connectivity index (χ4v) is 0.285. The molecule has 7 nitrogen and oxygen atoms in total. The molecule has 1 heterocycles. The van der Waals surface area contributed by atoms with Crippen molar-refractivity contribution in [3.8, 4) is 5.88 Å². The second-order valence-corrected chi connectivity index (χ2v) is 1.10. The van der Waals surface area contributed by atoms with Gasteiger partial charge in [-0.1, -0.05) is 0 Å². The monoisotopic (exact) mass is 151 g/mol. The molecule has 48 valence electrons. The number of hydrogen-bond acceptors (Lipinski definition) is 5. The third-order valence-electron chi connectivity index (χ3n) is 0.594. The zero-order chi connectivity index (χ0) is 6.69. The maximum absolute atomic E-state index is 8.55. The number of nitrogens with zero attached hydrogens (tertiary/aromatic N) is 5. The molecule has 0 atom stereocenters. The van der Waals surface area contributed by atoms with E-state index in [4.69, 9.17) is 10.6 Å². The number of aromatic nitrogens is 2. The summed E-state index contributed by atoms with van der Waals surface area (Å²) in [6, 6.07) is 0. The topological polar surface area (TPSA) is 108 Å². The van der Waals surface area contributed by atoms with E-state index in [0.717, 1.165) is 0 Å². The summed E-state index contributed by atoms with van der Waals surface area (Å²) >= 11 is 0. The van der Waals surface area contributed by atoms with Gasteiger partial charge < -0.3 is 5.11 Å². The Morgan fingerprint density at radius 1 is 1.60 bits per heavy atom.